The van der Waals surface area contributed by atoms with Gasteiger partial charge in [-0.25, -0.2) is 23.7 Å². The van der Waals surface area contributed by atoms with Crippen LogP contribution in [-0.4, -0.2) is 28.0 Å². The number of anilines is 5. The van der Waals surface area contributed by atoms with Crippen molar-refractivity contribution in [3.8, 4) is 5.75 Å². The van der Waals surface area contributed by atoms with E-state index in [2.05, 4.69) is 35.6 Å². The molecule has 0 atom stereocenters. The molecule has 35 heavy (non-hydrogen) atoms. The normalized spacial score (nSPS) is 10.5. The van der Waals surface area contributed by atoms with Crippen molar-refractivity contribution in [3.63, 3.8) is 0 Å². The minimum atomic E-state index is -1.50. The van der Waals surface area contributed by atoms with Gasteiger partial charge in [-0.15, -0.1) is 0 Å². The lowest BCUT2D eigenvalue weighted by molar-refractivity contribution is 0.102. The largest absolute Gasteiger partial charge is 0.491 e. The third-order valence-electron chi connectivity index (χ3n) is 4.82. The molecule has 0 radical (unpaired) electrons. The highest BCUT2D eigenvalue weighted by atomic mass is 19.2. The van der Waals surface area contributed by atoms with Crippen LogP contribution >= 0.6 is 0 Å². The molecule has 1 amide bonds. The van der Waals surface area contributed by atoms with E-state index in [0.29, 0.717) is 34.9 Å². The number of aromatic nitrogens is 3. The fourth-order valence-corrected chi connectivity index (χ4v) is 3.14. The van der Waals surface area contributed by atoms with Crippen molar-refractivity contribution in [1.82, 2.24) is 15.0 Å². The quantitative estimate of drug-likeness (QED) is 0.307. The van der Waals surface area contributed by atoms with Crippen LogP contribution in [-0.2, 0) is 0 Å². The molecule has 3 N–H and O–H groups in total. The molecular formula is C24H19F3N6O2. The number of benzene rings is 2. The van der Waals surface area contributed by atoms with E-state index < -0.39 is 34.7 Å². The lowest BCUT2D eigenvalue weighted by atomic mass is 10.1. The Bertz CT molecular complexity index is 1380. The molecule has 4 aromatic rings. The molecule has 11 heteroatoms. The fourth-order valence-electron chi connectivity index (χ4n) is 3.14. The number of ether oxygens (including phenoxy) is 1. The molecule has 0 spiro atoms. The first-order chi connectivity index (χ1) is 16.8. The number of hydrogen-bond acceptors (Lipinski definition) is 7. The minimum Gasteiger partial charge on any atom is -0.491 e. The first-order valence-electron chi connectivity index (χ1n) is 10.3. The monoisotopic (exact) mass is 480 g/mol. The Labute approximate surface area is 198 Å². The first-order valence-corrected chi connectivity index (χ1v) is 10.3. The van der Waals surface area contributed by atoms with Gasteiger partial charge in [-0.1, -0.05) is 0 Å². The molecule has 0 unspecified atom stereocenters. The summed E-state index contributed by atoms with van der Waals surface area (Å²) >= 11 is 0. The standard InChI is InChI=1S/C24H19F3N6O2/c1-13-7-8-28-18(9-13)33-20-11-19(29-12-30-20)31-14-3-5-15(6-4-14)32-24(34)16-10-17(25)22(27)23(35-2)21(16)26/h3-12H,1-2H3,(H,32,34)(H2,28,29,30,31,33). The number of halogens is 3. The Morgan fingerprint density at radius 2 is 1.49 bits per heavy atom. The molecule has 0 fully saturated rings. The number of nitrogens with one attached hydrogen (secondary N) is 3. The summed E-state index contributed by atoms with van der Waals surface area (Å²) in [6.45, 7) is 1.96. The maximum absolute atomic E-state index is 14.3. The zero-order chi connectivity index (χ0) is 24.9. The molecule has 8 nitrogen and oxygen atoms in total. The van der Waals surface area contributed by atoms with Crippen LogP contribution in [0.25, 0.3) is 0 Å². The lowest BCUT2D eigenvalue weighted by Gasteiger charge is -2.11. The average molecular weight is 480 g/mol. The second-order valence-electron chi connectivity index (χ2n) is 7.36. The number of hydrogen-bond donors (Lipinski definition) is 3. The summed E-state index contributed by atoms with van der Waals surface area (Å²) in [6, 6.07) is 12.3. The van der Waals surface area contributed by atoms with Gasteiger partial charge in [-0.3, -0.25) is 4.79 Å². The second-order valence-corrected chi connectivity index (χ2v) is 7.36. The summed E-state index contributed by atoms with van der Waals surface area (Å²) in [5, 5.41) is 8.63. The van der Waals surface area contributed by atoms with Crippen molar-refractivity contribution >= 4 is 34.7 Å². The van der Waals surface area contributed by atoms with Gasteiger partial charge in [-0.05, 0) is 55.0 Å². The van der Waals surface area contributed by atoms with E-state index in [0.717, 1.165) is 12.7 Å². The summed E-state index contributed by atoms with van der Waals surface area (Å²) in [4.78, 5) is 25.0. The predicted molar refractivity (Wildman–Crippen MR) is 125 cm³/mol. The molecule has 2 aromatic heterocycles. The molecule has 2 heterocycles. The van der Waals surface area contributed by atoms with Gasteiger partial charge in [0.15, 0.2) is 17.4 Å². The van der Waals surface area contributed by atoms with Crippen molar-refractivity contribution < 1.29 is 22.7 Å². The van der Waals surface area contributed by atoms with Crippen molar-refractivity contribution in [2.75, 3.05) is 23.1 Å². The van der Waals surface area contributed by atoms with E-state index in [1.54, 1.807) is 36.5 Å². The number of amides is 1. The van der Waals surface area contributed by atoms with Crippen LogP contribution in [0.5, 0.6) is 5.75 Å². The molecule has 0 aliphatic heterocycles. The van der Waals surface area contributed by atoms with Crippen LogP contribution in [0.4, 0.5) is 42.0 Å². The Hall–Kier alpha value is -4.67. The average Bonchev–Trinajstić information content (AvgIpc) is 2.83. The predicted octanol–water partition coefficient (Wildman–Crippen LogP) is 5.35. The number of nitrogens with zero attached hydrogens (tertiary/aromatic N) is 3. The van der Waals surface area contributed by atoms with Crippen LogP contribution in [0.15, 0.2) is 61.1 Å². The lowest BCUT2D eigenvalue weighted by Crippen LogP contribution is -2.15. The number of pyridine rings is 1. The molecular weight excluding hydrogens is 461 g/mol. The second kappa shape index (κ2) is 10.1. The van der Waals surface area contributed by atoms with E-state index in [1.165, 1.54) is 6.33 Å². The number of aryl methyl sites for hydroxylation is 1. The zero-order valence-corrected chi connectivity index (χ0v) is 18.6. The van der Waals surface area contributed by atoms with E-state index >= 15 is 0 Å². The molecule has 0 bridgehead atoms. The number of methoxy groups -OCH3 is 1. The van der Waals surface area contributed by atoms with Crippen molar-refractivity contribution in [2.45, 2.75) is 6.92 Å². The Kier molecular flexibility index (Phi) is 6.76. The van der Waals surface area contributed by atoms with Gasteiger partial charge in [-0.2, -0.15) is 4.39 Å². The highest BCUT2D eigenvalue weighted by Crippen LogP contribution is 2.28. The van der Waals surface area contributed by atoms with Crippen LogP contribution in [0.1, 0.15) is 15.9 Å². The van der Waals surface area contributed by atoms with Crippen LogP contribution < -0.4 is 20.7 Å². The van der Waals surface area contributed by atoms with Crippen LogP contribution in [0.2, 0.25) is 0 Å². The first kappa shape index (κ1) is 23.5. The summed E-state index contributed by atoms with van der Waals surface area (Å²) in [6.07, 6.45) is 3.08. The van der Waals surface area contributed by atoms with Gasteiger partial charge < -0.3 is 20.7 Å². The van der Waals surface area contributed by atoms with E-state index in [1.807, 2.05) is 19.1 Å². The van der Waals surface area contributed by atoms with Gasteiger partial charge in [0, 0.05) is 23.6 Å². The van der Waals surface area contributed by atoms with Crippen molar-refractivity contribution in [3.05, 3.63) is 89.6 Å². The Balaban J connectivity index is 1.44. The molecule has 2 aromatic carbocycles. The van der Waals surface area contributed by atoms with Gasteiger partial charge in [0.2, 0.25) is 5.82 Å². The molecule has 0 saturated heterocycles. The maximum Gasteiger partial charge on any atom is 0.258 e. The van der Waals surface area contributed by atoms with Crippen LogP contribution in [0.3, 0.4) is 0 Å². The van der Waals surface area contributed by atoms with E-state index in [9.17, 15) is 18.0 Å². The van der Waals surface area contributed by atoms with Crippen molar-refractivity contribution in [1.29, 1.82) is 0 Å². The minimum absolute atomic E-state index is 0.305. The van der Waals surface area contributed by atoms with Gasteiger partial charge in [0.1, 0.15) is 23.8 Å². The molecule has 0 aliphatic carbocycles. The fraction of sp³-hybridized carbons (Fsp3) is 0.0833. The van der Waals surface area contributed by atoms with Crippen molar-refractivity contribution in [2.24, 2.45) is 0 Å². The van der Waals surface area contributed by atoms with Crippen LogP contribution in [0, 0.1) is 24.4 Å². The molecule has 0 aliphatic rings. The molecule has 178 valence electrons. The van der Waals surface area contributed by atoms with E-state index in [4.69, 9.17) is 0 Å². The molecule has 0 saturated carbocycles. The smallest absolute Gasteiger partial charge is 0.258 e. The number of carbonyl (C=O) groups is 1. The zero-order valence-electron chi connectivity index (χ0n) is 18.6. The topological polar surface area (TPSA) is 101 Å². The highest BCUT2D eigenvalue weighted by Gasteiger charge is 2.23. The highest BCUT2D eigenvalue weighted by molar-refractivity contribution is 6.04. The van der Waals surface area contributed by atoms with Gasteiger partial charge in [0.25, 0.3) is 5.91 Å². The SMILES string of the molecule is COc1c(F)c(F)cc(C(=O)Nc2ccc(Nc3cc(Nc4cc(C)ccn4)ncn3)cc2)c1F. The summed E-state index contributed by atoms with van der Waals surface area (Å²) in [5.41, 5.74) is 1.31. The number of carbonyl (C=O) groups excluding carboxylic acids is 1. The summed E-state index contributed by atoms with van der Waals surface area (Å²) in [5.74, 6) is -4.44. The summed E-state index contributed by atoms with van der Waals surface area (Å²) in [7, 11) is 0.977. The summed E-state index contributed by atoms with van der Waals surface area (Å²) < 4.78 is 46.2. The van der Waals surface area contributed by atoms with Gasteiger partial charge in [0.05, 0.1) is 12.7 Å². The molecule has 4 rings (SSSR count). The number of rotatable bonds is 7. The maximum atomic E-state index is 14.3. The Morgan fingerprint density at radius 3 is 2.17 bits per heavy atom. The third kappa shape index (κ3) is 5.46. The third-order valence-corrected chi connectivity index (χ3v) is 4.82. The van der Waals surface area contributed by atoms with E-state index in [-0.39, 0.29) is 0 Å². The van der Waals surface area contributed by atoms with Gasteiger partial charge >= 0.3 is 0 Å². The Morgan fingerprint density at radius 1 is 0.829 bits per heavy atom.